The SMILES string of the molecule is CC(C)=CCC/C(C)=C/CC/C(C)=C/CN1C(=O)c2cccc(O)c2N(C(F)(F)CC(F)(F)F)c2c(O)cc(O)cc21. The van der Waals surface area contributed by atoms with Crippen LogP contribution in [0.2, 0.25) is 0 Å². The molecule has 0 aliphatic carbocycles. The maximum absolute atomic E-state index is 15.5. The first-order chi connectivity index (χ1) is 19.5. The van der Waals surface area contributed by atoms with Crippen LogP contribution in [0.5, 0.6) is 17.2 Å². The Bertz CT molecular complexity index is 1410. The van der Waals surface area contributed by atoms with Gasteiger partial charge in [-0.3, -0.25) is 9.69 Å². The second-order valence-electron chi connectivity index (χ2n) is 10.7. The first-order valence-electron chi connectivity index (χ1n) is 13.4. The standard InChI is InChI=1S/C31H35F5N2O4/c1-19(2)8-5-9-20(3)10-6-11-21(4)14-15-37-24-16-22(39)17-26(41)28(24)38(31(35,36)18-30(32,33)34)27-23(29(37)42)12-7-13-25(27)40/h7-8,10,12-14,16-17,39-41H,5-6,9,11,15,18H2,1-4H3/b20-10+,21-14+. The Morgan fingerprint density at radius 3 is 2.07 bits per heavy atom. The van der Waals surface area contributed by atoms with Crippen LogP contribution in [0.4, 0.5) is 39.0 Å². The number of anilines is 3. The average molecular weight is 595 g/mol. The number of amides is 1. The fourth-order valence-electron chi connectivity index (χ4n) is 4.74. The van der Waals surface area contributed by atoms with Crippen molar-refractivity contribution in [2.45, 2.75) is 72.0 Å². The third-order valence-corrected chi connectivity index (χ3v) is 6.77. The molecule has 0 aromatic heterocycles. The molecule has 228 valence electrons. The van der Waals surface area contributed by atoms with Crippen LogP contribution in [0.15, 0.2) is 65.3 Å². The lowest BCUT2D eigenvalue weighted by atomic mass is 10.1. The number of phenols is 3. The molecule has 0 spiro atoms. The largest absolute Gasteiger partial charge is 0.508 e. The second kappa shape index (κ2) is 12.9. The van der Waals surface area contributed by atoms with Crippen molar-refractivity contribution < 1.29 is 42.1 Å². The third-order valence-electron chi connectivity index (χ3n) is 6.77. The van der Waals surface area contributed by atoms with Crippen molar-refractivity contribution in [3.63, 3.8) is 0 Å². The molecule has 6 nitrogen and oxygen atoms in total. The van der Waals surface area contributed by atoms with Crippen molar-refractivity contribution in [2.24, 2.45) is 0 Å². The molecule has 0 fully saturated rings. The van der Waals surface area contributed by atoms with Gasteiger partial charge in [-0.15, -0.1) is 0 Å². The van der Waals surface area contributed by atoms with Crippen molar-refractivity contribution in [1.29, 1.82) is 0 Å². The van der Waals surface area contributed by atoms with Crippen molar-refractivity contribution >= 4 is 23.0 Å². The number of carbonyl (C=O) groups is 1. The molecular formula is C31H35F5N2O4. The van der Waals surface area contributed by atoms with Gasteiger partial charge in [-0.2, -0.15) is 22.0 Å². The van der Waals surface area contributed by atoms with E-state index in [1.807, 2.05) is 27.7 Å². The quantitative estimate of drug-likeness (QED) is 0.145. The van der Waals surface area contributed by atoms with Crippen LogP contribution in [0.1, 0.15) is 70.2 Å². The van der Waals surface area contributed by atoms with E-state index < -0.39 is 64.4 Å². The molecular weight excluding hydrogens is 559 g/mol. The lowest BCUT2D eigenvalue weighted by molar-refractivity contribution is -0.185. The van der Waals surface area contributed by atoms with E-state index in [0.29, 0.717) is 18.9 Å². The molecule has 42 heavy (non-hydrogen) atoms. The molecule has 3 N–H and O–H groups in total. The zero-order valence-corrected chi connectivity index (χ0v) is 23.9. The molecule has 0 atom stereocenters. The number of hydrogen-bond acceptors (Lipinski definition) is 5. The second-order valence-corrected chi connectivity index (χ2v) is 10.7. The molecule has 0 unspecified atom stereocenters. The Balaban J connectivity index is 2.04. The zero-order chi connectivity index (χ0) is 31.4. The minimum absolute atomic E-state index is 0.174. The number of nitrogens with zero attached hydrogens (tertiary/aromatic N) is 2. The lowest BCUT2D eigenvalue weighted by Crippen LogP contribution is -2.42. The number of para-hydroxylation sites is 1. The predicted molar refractivity (Wildman–Crippen MR) is 153 cm³/mol. The van der Waals surface area contributed by atoms with Crippen LogP contribution in [-0.2, 0) is 0 Å². The van der Waals surface area contributed by atoms with E-state index >= 15 is 8.78 Å². The first-order valence-corrected chi connectivity index (χ1v) is 13.4. The molecule has 0 saturated carbocycles. The summed E-state index contributed by atoms with van der Waals surface area (Å²) in [5.41, 5.74) is 0.605. The first kappa shape index (κ1) is 32.5. The van der Waals surface area contributed by atoms with E-state index in [0.717, 1.165) is 41.5 Å². The normalized spacial score (nSPS) is 14.5. The van der Waals surface area contributed by atoms with Gasteiger partial charge in [0.25, 0.3) is 5.91 Å². The van der Waals surface area contributed by atoms with Crippen LogP contribution >= 0.6 is 0 Å². The summed E-state index contributed by atoms with van der Waals surface area (Å²) in [4.78, 5) is 14.5. The number of hydrogen-bond donors (Lipinski definition) is 3. The minimum Gasteiger partial charge on any atom is -0.508 e. The molecule has 2 aromatic carbocycles. The van der Waals surface area contributed by atoms with Gasteiger partial charge >= 0.3 is 12.2 Å². The fourth-order valence-corrected chi connectivity index (χ4v) is 4.74. The van der Waals surface area contributed by atoms with Gasteiger partial charge in [-0.25, -0.2) is 0 Å². The molecule has 0 bridgehead atoms. The van der Waals surface area contributed by atoms with E-state index in [9.17, 15) is 33.3 Å². The number of fused-ring (bicyclic) bond motifs is 2. The van der Waals surface area contributed by atoms with Gasteiger partial charge in [0, 0.05) is 18.7 Å². The van der Waals surface area contributed by atoms with Crippen LogP contribution in [0.3, 0.4) is 0 Å². The van der Waals surface area contributed by atoms with E-state index in [4.69, 9.17) is 0 Å². The maximum Gasteiger partial charge on any atom is 0.396 e. The van der Waals surface area contributed by atoms with Crippen molar-refractivity contribution in [1.82, 2.24) is 0 Å². The highest BCUT2D eigenvalue weighted by molar-refractivity contribution is 6.15. The molecule has 1 aliphatic heterocycles. The molecule has 11 heteroatoms. The number of phenolic OH excluding ortho intramolecular Hbond substituents is 3. The number of alkyl halides is 5. The smallest absolute Gasteiger partial charge is 0.396 e. The molecule has 0 radical (unpaired) electrons. The number of aromatic hydroxyl groups is 3. The van der Waals surface area contributed by atoms with Gasteiger partial charge in [0.05, 0.1) is 11.3 Å². The Labute approximate surface area is 241 Å². The Kier molecular flexibility index (Phi) is 9.96. The van der Waals surface area contributed by atoms with E-state index in [-0.39, 0.29) is 11.4 Å². The van der Waals surface area contributed by atoms with Gasteiger partial charge in [0.2, 0.25) is 0 Å². The summed E-state index contributed by atoms with van der Waals surface area (Å²) in [7, 11) is 0. The number of allylic oxidation sites excluding steroid dienone is 5. The summed E-state index contributed by atoms with van der Waals surface area (Å²) in [5.74, 6) is -3.42. The molecule has 1 aliphatic rings. The number of halogens is 5. The Hall–Kier alpha value is -4.02. The maximum atomic E-state index is 15.5. The summed E-state index contributed by atoms with van der Waals surface area (Å²) in [6, 6.07) is 0.0980. The van der Waals surface area contributed by atoms with Gasteiger partial charge in [0.15, 0.2) is 0 Å². The average Bonchev–Trinajstić information content (AvgIpc) is 2.95. The summed E-state index contributed by atoms with van der Waals surface area (Å²) in [6.45, 7) is 7.72. The van der Waals surface area contributed by atoms with Crippen LogP contribution < -0.4 is 9.80 Å². The Morgan fingerprint density at radius 1 is 0.833 bits per heavy atom. The molecule has 1 heterocycles. The Morgan fingerprint density at radius 2 is 1.45 bits per heavy atom. The molecule has 3 rings (SSSR count). The highest BCUT2D eigenvalue weighted by atomic mass is 19.4. The van der Waals surface area contributed by atoms with Gasteiger partial charge in [-0.05, 0) is 65.5 Å². The summed E-state index contributed by atoms with van der Waals surface area (Å²) < 4.78 is 70.7. The fraction of sp³-hybridized carbons (Fsp3) is 0.387. The van der Waals surface area contributed by atoms with Crippen LogP contribution in [0.25, 0.3) is 0 Å². The monoisotopic (exact) mass is 594 g/mol. The highest BCUT2D eigenvalue weighted by Crippen LogP contribution is 2.55. The van der Waals surface area contributed by atoms with Gasteiger partial charge in [0.1, 0.15) is 35.0 Å². The molecule has 1 amide bonds. The number of rotatable bonds is 10. The zero-order valence-electron chi connectivity index (χ0n) is 23.9. The summed E-state index contributed by atoms with van der Waals surface area (Å²) in [5, 5.41) is 31.4. The highest BCUT2D eigenvalue weighted by Gasteiger charge is 2.52. The minimum atomic E-state index is -5.34. The third kappa shape index (κ3) is 7.83. The van der Waals surface area contributed by atoms with Crippen LogP contribution in [0, 0.1) is 0 Å². The van der Waals surface area contributed by atoms with Crippen LogP contribution in [-0.4, -0.2) is 40.0 Å². The number of carbonyl (C=O) groups excluding carboxylic acids is 1. The summed E-state index contributed by atoms with van der Waals surface area (Å²) in [6.07, 6.45) is 1.15. The van der Waals surface area contributed by atoms with Gasteiger partial charge < -0.3 is 20.2 Å². The predicted octanol–water partition coefficient (Wildman–Crippen LogP) is 8.87. The molecule has 0 saturated heterocycles. The van der Waals surface area contributed by atoms with Crippen molar-refractivity contribution in [3.05, 3.63) is 70.8 Å². The van der Waals surface area contributed by atoms with E-state index in [1.165, 1.54) is 17.2 Å². The van der Waals surface area contributed by atoms with Gasteiger partial charge in [-0.1, -0.05) is 41.0 Å². The molecule has 2 aromatic rings. The van der Waals surface area contributed by atoms with E-state index in [2.05, 4.69) is 12.2 Å². The topological polar surface area (TPSA) is 84.2 Å². The number of benzene rings is 2. The van der Waals surface area contributed by atoms with Crippen molar-refractivity contribution in [2.75, 3.05) is 16.3 Å². The van der Waals surface area contributed by atoms with E-state index in [1.54, 1.807) is 6.08 Å². The lowest BCUT2D eigenvalue weighted by Gasteiger charge is -2.35. The van der Waals surface area contributed by atoms with Crippen molar-refractivity contribution in [3.8, 4) is 17.2 Å². The summed E-state index contributed by atoms with van der Waals surface area (Å²) >= 11 is 0.